The maximum Gasteiger partial charge on any atom is 0.267 e. The molecule has 1 aromatic rings. The number of nitrogens with one attached hydrogen (secondary N) is 3. The topological polar surface area (TPSA) is 56.9 Å². The van der Waals surface area contributed by atoms with Crippen LogP contribution in [0.3, 0.4) is 0 Å². The number of carbonyl (C=O) groups is 1. The Balaban J connectivity index is 0.00000128. The summed E-state index contributed by atoms with van der Waals surface area (Å²) in [6.07, 6.45) is 0. The molecule has 0 unspecified atom stereocenters. The third-order valence-electron chi connectivity index (χ3n) is 2.79. The smallest absolute Gasteiger partial charge is 0.267 e. The van der Waals surface area contributed by atoms with Gasteiger partial charge in [0, 0.05) is 31.2 Å². The van der Waals surface area contributed by atoms with Crippen molar-refractivity contribution in [2.45, 2.75) is 13.8 Å². The first-order valence-electron chi connectivity index (χ1n) is 5.32. The molecule has 1 amide bonds. The van der Waals surface area contributed by atoms with E-state index in [4.69, 9.17) is 0 Å². The van der Waals surface area contributed by atoms with Gasteiger partial charge in [0.1, 0.15) is 5.69 Å². The van der Waals surface area contributed by atoms with E-state index in [1.165, 1.54) is 0 Å². The van der Waals surface area contributed by atoms with Crippen LogP contribution in [0.4, 0.5) is 0 Å². The van der Waals surface area contributed by atoms with Crippen molar-refractivity contribution in [1.29, 1.82) is 0 Å². The van der Waals surface area contributed by atoms with Crippen molar-refractivity contribution in [3.8, 4) is 0 Å². The third kappa shape index (κ3) is 2.77. The van der Waals surface area contributed by atoms with Crippen molar-refractivity contribution in [2.75, 3.05) is 19.6 Å². The predicted molar refractivity (Wildman–Crippen MR) is 66.2 cm³/mol. The lowest BCUT2D eigenvalue weighted by Gasteiger charge is -2.27. The summed E-state index contributed by atoms with van der Waals surface area (Å²) in [6.45, 7) is 6.71. The standard InChI is InChI=1S/C11H17N3O.ClH/c1-7-3-8(2)14-10(7)11(15)13-6-9-4-12-5-9;/h3,9,12,14H,4-6H2,1-2H3,(H,13,15);1H. The first kappa shape index (κ1) is 13.1. The summed E-state index contributed by atoms with van der Waals surface area (Å²) in [7, 11) is 0. The van der Waals surface area contributed by atoms with Gasteiger partial charge in [0.2, 0.25) is 0 Å². The monoisotopic (exact) mass is 243 g/mol. The quantitative estimate of drug-likeness (QED) is 0.742. The van der Waals surface area contributed by atoms with Crippen LogP contribution in [0.5, 0.6) is 0 Å². The van der Waals surface area contributed by atoms with Crippen LogP contribution in [0, 0.1) is 19.8 Å². The van der Waals surface area contributed by atoms with E-state index in [1.807, 2.05) is 19.9 Å². The van der Waals surface area contributed by atoms with Crippen molar-refractivity contribution in [3.05, 3.63) is 23.0 Å². The summed E-state index contributed by atoms with van der Waals surface area (Å²) in [5.74, 6) is 0.609. The van der Waals surface area contributed by atoms with Gasteiger partial charge in [0.15, 0.2) is 0 Å². The first-order valence-corrected chi connectivity index (χ1v) is 5.32. The van der Waals surface area contributed by atoms with E-state index in [0.29, 0.717) is 11.6 Å². The van der Waals surface area contributed by atoms with E-state index in [1.54, 1.807) is 0 Å². The molecule has 1 aromatic heterocycles. The van der Waals surface area contributed by atoms with Crippen molar-refractivity contribution >= 4 is 18.3 Å². The minimum Gasteiger partial charge on any atom is -0.354 e. The van der Waals surface area contributed by atoms with Crippen LogP contribution in [-0.2, 0) is 0 Å². The lowest BCUT2D eigenvalue weighted by molar-refractivity contribution is 0.0937. The Morgan fingerprint density at radius 2 is 2.19 bits per heavy atom. The Bertz CT molecular complexity index is 371. The molecule has 0 aliphatic carbocycles. The second kappa shape index (κ2) is 5.37. The summed E-state index contributed by atoms with van der Waals surface area (Å²) < 4.78 is 0. The van der Waals surface area contributed by atoms with Crippen LogP contribution >= 0.6 is 12.4 Å². The molecule has 2 rings (SSSR count). The highest BCUT2D eigenvalue weighted by molar-refractivity contribution is 5.93. The van der Waals surface area contributed by atoms with Crippen LogP contribution < -0.4 is 10.6 Å². The van der Waals surface area contributed by atoms with Gasteiger partial charge in [-0.2, -0.15) is 0 Å². The Morgan fingerprint density at radius 1 is 1.50 bits per heavy atom. The summed E-state index contributed by atoms with van der Waals surface area (Å²) >= 11 is 0. The molecule has 0 aromatic carbocycles. The average Bonchev–Trinajstić information content (AvgIpc) is 2.42. The zero-order valence-electron chi connectivity index (χ0n) is 9.59. The maximum absolute atomic E-state index is 11.8. The van der Waals surface area contributed by atoms with Crippen LogP contribution in [-0.4, -0.2) is 30.5 Å². The lowest BCUT2D eigenvalue weighted by Crippen LogP contribution is -2.48. The molecule has 0 saturated carbocycles. The zero-order valence-corrected chi connectivity index (χ0v) is 10.4. The number of hydrogen-bond donors (Lipinski definition) is 3. The normalized spacial score (nSPS) is 15.1. The lowest BCUT2D eigenvalue weighted by atomic mass is 10.0. The van der Waals surface area contributed by atoms with Gasteiger partial charge in [-0.1, -0.05) is 0 Å². The molecule has 1 fully saturated rings. The average molecular weight is 244 g/mol. The Labute approximate surface area is 102 Å². The fourth-order valence-electron chi connectivity index (χ4n) is 1.78. The van der Waals surface area contributed by atoms with E-state index in [9.17, 15) is 4.79 Å². The molecule has 4 nitrogen and oxygen atoms in total. The second-order valence-electron chi connectivity index (χ2n) is 4.24. The Kier molecular flexibility index (Phi) is 4.38. The van der Waals surface area contributed by atoms with E-state index < -0.39 is 0 Å². The van der Waals surface area contributed by atoms with Crippen LogP contribution in [0.15, 0.2) is 6.07 Å². The van der Waals surface area contributed by atoms with Gasteiger partial charge in [-0.25, -0.2) is 0 Å². The second-order valence-corrected chi connectivity index (χ2v) is 4.24. The predicted octanol–water partition coefficient (Wildman–Crippen LogP) is 1.00. The Hall–Kier alpha value is -1.00. The molecule has 3 N–H and O–H groups in total. The number of aromatic nitrogens is 1. The molecule has 0 bridgehead atoms. The third-order valence-corrected chi connectivity index (χ3v) is 2.79. The summed E-state index contributed by atoms with van der Waals surface area (Å²) in [5, 5.41) is 6.13. The number of rotatable bonds is 3. The van der Waals surface area contributed by atoms with Crippen LogP contribution in [0.2, 0.25) is 0 Å². The molecule has 2 heterocycles. The number of halogens is 1. The van der Waals surface area contributed by atoms with Gasteiger partial charge in [-0.05, 0) is 25.5 Å². The molecule has 0 spiro atoms. The minimum absolute atomic E-state index is 0. The molecule has 0 radical (unpaired) electrons. The van der Waals surface area contributed by atoms with Gasteiger partial charge in [-0.3, -0.25) is 4.79 Å². The first-order chi connectivity index (χ1) is 7.16. The highest BCUT2D eigenvalue weighted by atomic mass is 35.5. The molecule has 16 heavy (non-hydrogen) atoms. The van der Waals surface area contributed by atoms with Gasteiger partial charge in [0.05, 0.1) is 0 Å². The van der Waals surface area contributed by atoms with E-state index in [0.717, 1.165) is 30.9 Å². The van der Waals surface area contributed by atoms with Crippen molar-refractivity contribution in [2.24, 2.45) is 5.92 Å². The summed E-state index contributed by atoms with van der Waals surface area (Å²) in [5.41, 5.74) is 2.74. The molecular formula is C11H18ClN3O. The van der Waals surface area contributed by atoms with E-state index >= 15 is 0 Å². The fraction of sp³-hybridized carbons (Fsp3) is 0.545. The highest BCUT2D eigenvalue weighted by Gasteiger charge is 2.18. The number of carbonyl (C=O) groups excluding carboxylic acids is 1. The molecule has 5 heteroatoms. The SMILES string of the molecule is Cc1cc(C)c(C(=O)NCC2CNC2)[nH]1.Cl. The minimum atomic E-state index is 0. The zero-order chi connectivity index (χ0) is 10.8. The maximum atomic E-state index is 11.8. The molecule has 0 atom stereocenters. The number of H-pyrrole nitrogens is 1. The molecule has 1 aliphatic heterocycles. The van der Waals surface area contributed by atoms with Gasteiger partial charge in [0.25, 0.3) is 5.91 Å². The molecular weight excluding hydrogens is 226 g/mol. The van der Waals surface area contributed by atoms with Gasteiger partial charge >= 0.3 is 0 Å². The number of aromatic amines is 1. The molecule has 1 aliphatic rings. The molecule has 1 saturated heterocycles. The number of amides is 1. The number of hydrogen-bond acceptors (Lipinski definition) is 2. The van der Waals surface area contributed by atoms with E-state index in [2.05, 4.69) is 15.6 Å². The fourth-order valence-corrected chi connectivity index (χ4v) is 1.78. The number of aryl methyl sites for hydroxylation is 2. The largest absolute Gasteiger partial charge is 0.354 e. The van der Waals surface area contributed by atoms with Gasteiger partial charge < -0.3 is 15.6 Å². The Morgan fingerprint density at radius 3 is 2.62 bits per heavy atom. The van der Waals surface area contributed by atoms with Crippen molar-refractivity contribution in [1.82, 2.24) is 15.6 Å². The highest BCUT2D eigenvalue weighted by Crippen LogP contribution is 2.09. The van der Waals surface area contributed by atoms with Gasteiger partial charge in [-0.15, -0.1) is 12.4 Å². The van der Waals surface area contributed by atoms with Crippen LogP contribution in [0.1, 0.15) is 21.7 Å². The van der Waals surface area contributed by atoms with Crippen molar-refractivity contribution in [3.63, 3.8) is 0 Å². The molecule has 90 valence electrons. The van der Waals surface area contributed by atoms with Crippen molar-refractivity contribution < 1.29 is 4.79 Å². The summed E-state index contributed by atoms with van der Waals surface area (Å²) in [4.78, 5) is 14.8. The van der Waals surface area contributed by atoms with E-state index in [-0.39, 0.29) is 18.3 Å². The summed E-state index contributed by atoms with van der Waals surface area (Å²) in [6, 6.07) is 1.99. The van der Waals surface area contributed by atoms with Crippen LogP contribution in [0.25, 0.3) is 0 Å².